The lowest BCUT2D eigenvalue weighted by molar-refractivity contribution is -0.133. The Labute approximate surface area is 126 Å². The van der Waals surface area contributed by atoms with Crippen molar-refractivity contribution in [3.63, 3.8) is 0 Å². The maximum absolute atomic E-state index is 12.5. The van der Waals surface area contributed by atoms with Crippen molar-refractivity contribution in [3.8, 4) is 0 Å². The van der Waals surface area contributed by atoms with Crippen LogP contribution in [0.1, 0.15) is 32.6 Å². The summed E-state index contributed by atoms with van der Waals surface area (Å²) in [6.45, 7) is 7.72. The van der Waals surface area contributed by atoms with Crippen LogP contribution < -0.4 is 5.32 Å². The predicted octanol–water partition coefficient (Wildman–Crippen LogP) is 1.17. The molecule has 0 bridgehead atoms. The zero-order valence-electron chi connectivity index (χ0n) is 12.5. The van der Waals surface area contributed by atoms with Gasteiger partial charge in [-0.15, -0.1) is 11.8 Å². The molecule has 4 nitrogen and oxygen atoms in total. The van der Waals surface area contributed by atoms with Gasteiger partial charge in [0.05, 0.1) is 5.75 Å². The van der Waals surface area contributed by atoms with Crippen LogP contribution in [-0.2, 0) is 4.79 Å². The van der Waals surface area contributed by atoms with Gasteiger partial charge in [0, 0.05) is 30.4 Å². The first-order chi connectivity index (χ1) is 9.74. The molecule has 0 aliphatic carbocycles. The van der Waals surface area contributed by atoms with E-state index >= 15 is 0 Å². The minimum Gasteiger partial charge on any atom is -0.336 e. The molecule has 5 heteroatoms. The normalized spacial score (nSPS) is 32.4. The van der Waals surface area contributed by atoms with Crippen molar-refractivity contribution in [3.05, 3.63) is 0 Å². The van der Waals surface area contributed by atoms with Crippen LogP contribution in [0.15, 0.2) is 0 Å². The van der Waals surface area contributed by atoms with Gasteiger partial charge in [0.15, 0.2) is 0 Å². The Morgan fingerprint density at radius 2 is 2.05 bits per heavy atom. The summed E-state index contributed by atoms with van der Waals surface area (Å²) in [5.74, 6) is 1.05. The van der Waals surface area contributed by atoms with Gasteiger partial charge in [-0.3, -0.25) is 9.69 Å². The van der Waals surface area contributed by atoms with E-state index in [1.54, 1.807) is 0 Å². The average Bonchev–Trinajstić information content (AvgIpc) is 2.92. The van der Waals surface area contributed by atoms with Gasteiger partial charge in [-0.05, 0) is 52.2 Å². The van der Waals surface area contributed by atoms with Crippen LogP contribution in [0.4, 0.5) is 0 Å². The number of fused-ring (bicyclic) bond motifs is 1. The number of rotatable bonds is 3. The summed E-state index contributed by atoms with van der Waals surface area (Å²) >= 11 is 1.88. The molecule has 1 amide bonds. The third-order valence-corrected chi connectivity index (χ3v) is 6.34. The summed E-state index contributed by atoms with van der Waals surface area (Å²) in [7, 11) is 0. The van der Waals surface area contributed by atoms with E-state index in [0.717, 1.165) is 26.2 Å². The van der Waals surface area contributed by atoms with Gasteiger partial charge in [0.2, 0.25) is 5.91 Å². The van der Waals surface area contributed by atoms with E-state index in [4.69, 9.17) is 0 Å². The molecular weight excluding hydrogens is 270 g/mol. The van der Waals surface area contributed by atoms with Crippen LogP contribution in [0, 0.1) is 0 Å². The van der Waals surface area contributed by atoms with Crippen molar-refractivity contribution in [2.24, 2.45) is 0 Å². The van der Waals surface area contributed by atoms with Gasteiger partial charge < -0.3 is 10.2 Å². The largest absolute Gasteiger partial charge is 0.336 e. The van der Waals surface area contributed by atoms with E-state index < -0.39 is 0 Å². The molecule has 0 spiro atoms. The van der Waals surface area contributed by atoms with E-state index in [1.807, 2.05) is 11.8 Å². The van der Waals surface area contributed by atoms with Crippen molar-refractivity contribution in [1.29, 1.82) is 0 Å². The zero-order valence-corrected chi connectivity index (χ0v) is 13.3. The quantitative estimate of drug-likeness (QED) is 0.848. The van der Waals surface area contributed by atoms with Crippen molar-refractivity contribution >= 4 is 17.7 Å². The van der Waals surface area contributed by atoms with Crippen LogP contribution in [0.25, 0.3) is 0 Å². The number of piperazine rings is 1. The maximum Gasteiger partial charge on any atom is 0.232 e. The smallest absolute Gasteiger partial charge is 0.232 e. The van der Waals surface area contributed by atoms with Gasteiger partial charge in [0.1, 0.15) is 0 Å². The molecule has 2 atom stereocenters. The Hall–Kier alpha value is -0.260. The summed E-state index contributed by atoms with van der Waals surface area (Å²) in [5.41, 5.74) is 0. The fourth-order valence-corrected chi connectivity index (χ4v) is 4.88. The van der Waals surface area contributed by atoms with E-state index in [1.165, 1.54) is 32.2 Å². The number of nitrogens with one attached hydrogen (secondary N) is 1. The Balaban J connectivity index is 1.48. The minimum absolute atomic E-state index is 0.368. The van der Waals surface area contributed by atoms with Crippen LogP contribution in [0.3, 0.4) is 0 Å². The van der Waals surface area contributed by atoms with E-state index in [2.05, 4.69) is 22.0 Å². The molecule has 114 valence electrons. The minimum atomic E-state index is 0.368. The first kappa shape index (κ1) is 14.7. The highest BCUT2D eigenvalue weighted by atomic mass is 32.2. The molecule has 3 aliphatic heterocycles. The van der Waals surface area contributed by atoms with Crippen molar-refractivity contribution < 1.29 is 4.79 Å². The van der Waals surface area contributed by atoms with Crippen molar-refractivity contribution in [2.75, 3.05) is 38.5 Å². The SMILES string of the molecule is CC1CN2CCCC2CN1C(=O)CSC1CCNCC1. The fraction of sp³-hybridized carbons (Fsp3) is 0.933. The molecular formula is C15H27N3OS. The summed E-state index contributed by atoms with van der Waals surface area (Å²) < 4.78 is 0. The van der Waals surface area contributed by atoms with Crippen LogP contribution >= 0.6 is 11.8 Å². The van der Waals surface area contributed by atoms with Crippen molar-refractivity contribution in [2.45, 2.75) is 49.9 Å². The number of hydrogen-bond donors (Lipinski definition) is 1. The highest BCUT2D eigenvalue weighted by Gasteiger charge is 2.36. The molecule has 0 aromatic rings. The fourth-order valence-electron chi connectivity index (χ4n) is 3.77. The predicted molar refractivity (Wildman–Crippen MR) is 84.1 cm³/mol. The molecule has 3 saturated heterocycles. The standard InChI is InChI=1S/C15H27N3OS/c1-12-9-17-8-2-3-13(17)10-18(12)15(19)11-20-14-4-6-16-7-5-14/h12-14,16H,2-11H2,1H3. The van der Waals surface area contributed by atoms with Crippen LogP contribution in [0.5, 0.6) is 0 Å². The summed E-state index contributed by atoms with van der Waals surface area (Å²) in [6, 6.07) is 1.03. The topological polar surface area (TPSA) is 35.6 Å². The monoisotopic (exact) mass is 297 g/mol. The second kappa shape index (κ2) is 6.67. The molecule has 0 saturated carbocycles. The average molecular weight is 297 g/mol. The van der Waals surface area contributed by atoms with Gasteiger partial charge >= 0.3 is 0 Å². The lowest BCUT2D eigenvalue weighted by Crippen LogP contribution is -2.57. The van der Waals surface area contributed by atoms with E-state index in [9.17, 15) is 4.79 Å². The molecule has 20 heavy (non-hydrogen) atoms. The Morgan fingerprint density at radius 3 is 2.85 bits per heavy atom. The van der Waals surface area contributed by atoms with Gasteiger partial charge in [-0.25, -0.2) is 0 Å². The second-order valence-corrected chi connectivity index (χ2v) is 7.74. The van der Waals surface area contributed by atoms with Gasteiger partial charge in [-0.2, -0.15) is 0 Å². The number of amides is 1. The molecule has 0 aromatic heterocycles. The number of piperidine rings is 1. The zero-order chi connectivity index (χ0) is 13.9. The number of carbonyl (C=O) groups excluding carboxylic acids is 1. The summed E-state index contributed by atoms with van der Waals surface area (Å²) in [6.07, 6.45) is 5.01. The Bertz CT molecular complexity index is 346. The van der Waals surface area contributed by atoms with Crippen LogP contribution in [0.2, 0.25) is 0 Å². The first-order valence-electron chi connectivity index (χ1n) is 8.10. The van der Waals surface area contributed by atoms with Crippen molar-refractivity contribution in [1.82, 2.24) is 15.1 Å². The highest BCUT2D eigenvalue weighted by molar-refractivity contribution is 8.00. The molecule has 3 rings (SSSR count). The molecule has 2 unspecified atom stereocenters. The number of thioether (sulfide) groups is 1. The highest BCUT2D eigenvalue weighted by Crippen LogP contribution is 2.26. The molecule has 1 N–H and O–H groups in total. The van der Waals surface area contributed by atoms with E-state index in [0.29, 0.717) is 29.0 Å². The van der Waals surface area contributed by atoms with Crippen LogP contribution in [-0.4, -0.2) is 71.5 Å². The summed E-state index contributed by atoms with van der Waals surface area (Å²) in [5, 5.41) is 4.07. The maximum atomic E-state index is 12.5. The number of nitrogens with zero attached hydrogens (tertiary/aromatic N) is 2. The van der Waals surface area contributed by atoms with E-state index in [-0.39, 0.29) is 0 Å². The molecule has 3 aliphatic rings. The third kappa shape index (κ3) is 3.31. The van der Waals surface area contributed by atoms with Gasteiger partial charge in [0.25, 0.3) is 0 Å². The number of hydrogen-bond acceptors (Lipinski definition) is 4. The van der Waals surface area contributed by atoms with Gasteiger partial charge in [-0.1, -0.05) is 0 Å². The molecule has 0 aromatic carbocycles. The first-order valence-corrected chi connectivity index (χ1v) is 9.15. The third-order valence-electron chi connectivity index (χ3n) is 4.99. The second-order valence-electron chi connectivity index (χ2n) is 6.45. The molecule has 3 fully saturated rings. The number of carbonyl (C=O) groups is 1. The lowest BCUT2D eigenvalue weighted by Gasteiger charge is -2.42. The summed E-state index contributed by atoms with van der Waals surface area (Å²) in [4.78, 5) is 17.2. The molecule has 0 radical (unpaired) electrons. The lowest BCUT2D eigenvalue weighted by atomic mass is 10.1. The Kier molecular flexibility index (Phi) is 4.89. The Morgan fingerprint density at radius 1 is 1.25 bits per heavy atom. The molecule has 3 heterocycles.